The van der Waals surface area contributed by atoms with Gasteiger partial charge in [-0.25, -0.2) is 0 Å². The molecule has 1 N–H and O–H groups in total. The first kappa shape index (κ1) is 116. The highest BCUT2D eigenvalue weighted by Gasteiger charge is 2.22. The number of carbonyl (C=O) groups excluding carboxylic acids is 14. The highest BCUT2D eigenvalue weighted by Crippen LogP contribution is 2.16. The molecule has 0 aliphatic rings. The predicted octanol–water partition coefficient (Wildman–Crippen LogP) is 21.2. The number of unbranched alkanes of at least 4 members (excludes halogenated alkanes) is 5. The third kappa shape index (κ3) is 86.4. The van der Waals surface area contributed by atoms with Gasteiger partial charge in [0.05, 0.1) is 18.6 Å². The number of rotatable bonds is 47. The first-order valence-electron chi connectivity index (χ1n) is 40.6. The van der Waals surface area contributed by atoms with Crippen LogP contribution < -0.4 is 5.32 Å². The molecule has 105 heavy (non-hydrogen) atoms. The van der Waals surface area contributed by atoms with Crippen LogP contribution in [0.5, 0.6) is 0 Å². The van der Waals surface area contributed by atoms with Gasteiger partial charge in [-0.15, -0.1) is 0 Å². The fourth-order valence-electron chi connectivity index (χ4n) is 8.25. The number of carbonyl (C=O) groups is 14. The second-order valence-corrected chi connectivity index (χ2v) is 34.7. The van der Waals surface area contributed by atoms with Crippen molar-refractivity contribution in [2.24, 2.45) is 82.9 Å². The van der Waals surface area contributed by atoms with Crippen LogP contribution >= 0.6 is 0 Å². The smallest absolute Gasteiger partial charge is 0.206 e. The Kier molecular flexibility index (Phi) is 75.8. The van der Waals surface area contributed by atoms with Crippen molar-refractivity contribution in [1.82, 2.24) is 5.32 Å². The summed E-state index contributed by atoms with van der Waals surface area (Å²) in [6.07, 6.45) is 17.4. The average molecular weight is 1490 g/mol. The number of nitrogens with one attached hydrogen (secondary N) is 1. The maximum atomic E-state index is 11.4. The van der Waals surface area contributed by atoms with E-state index in [-0.39, 0.29) is 129 Å². The summed E-state index contributed by atoms with van der Waals surface area (Å²) >= 11 is 0. The zero-order valence-electron chi connectivity index (χ0n) is 74.4. The summed E-state index contributed by atoms with van der Waals surface area (Å²) in [5, 5.41) is 3.29. The Hall–Kier alpha value is -4.70. The van der Waals surface area contributed by atoms with Crippen LogP contribution in [0, 0.1) is 82.9 Å². The van der Waals surface area contributed by atoms with E-state index in [0.717, 1.165) is 83.1 Å². The van der Waals surface area contributed by atoms with Crippen LogP contribution in [0.25, 0.3) is 0 Å². The molecule has 0 aromatic heterocycles. The van der Waals surface area contributed by atoms with Crippen LogP contribution in [-0.4, -0.2) is 105 Å². The van der Waals surface area contributed by atoms with Gasteiger partial charge >= 0.3 is 0 Å². The molecule has 0 saturated carbocycles. The Labute approximate surface area is 645 Å². The maximum Gasteiger partial charge on any atom is 0.206 e. The maximum absolute atomic E-state index is 11.4. The molecule has 0 bridgehead atoms. The topological polar surface area (TPSA) is 260 Å². The molecule has 0 saturated heterocycles. The number of hydrogen-bond donors (Lipinski definition) is 1. The van der Waals surface area contributed by atoms with E-state index in [4.69, 9.17) is 4.74 Å². The molecule has 0 amide bonds. The lowest BCUT2D eigenvalue weighted by molar-refractivity contribution is -0.140. The molecule has 0 aromatic rings. The molecule has 618 valence electrons. The van der Waals surface area contributed by atoms with Crippen molar-refractivity contribution in [3.05, 3.63) is 0 Å². The van der Waals surface area contributed by atoms with Crippen LogP contribution in [0.3, 0.4) is 0 Å². The molecule has 0 atom stereocenters. The fourth-order valence-corrected chi connectivity index (χ4v) is 8.25. The van der Waals surface area contributed by atoms with Crippen molar-refractivity contribution >= 4 is 81.0 Å². The third-order valence-electron chi connectivity index (χ3n) is 16.6. The van der Waals surface area contributed by atoms with Gasteiger partial charge < -0.3 is 10.1 Å². The summed E-state index contributed by atoms with van der Waals surface area (Å²) in [5.41, 5.74) is -0.00544. The second kappa shape index (κ2) is 68.6. The summed E-state index contributed by atoms with van der Waals surface area (Å²) in [6.45, 7) is 67.1. The zero-order valence-corrected chi connectivity index (χ0v) is 74.4. The van der Waals surface area contributed by atoms with E-state index in [1.807, 2.05) is 173 Å². The normalized spacial score (nSPS) is 11.2. The summed E-state index contributed by atoms with van der Waals surface area (Å²) in [4.78, 5) is 157. The quantitative estimate of drug-likeness (QED) is 0.0337. The van der Waals surface area contributed by atoms with Gasteiger partial charge in [-0.1, -0.05) is 220 Å². The van der Waals surface area contributed by atoms with Crippen molar-refractivity contribution < 1.29 is 71.9 Å². The molecule has 0 aliphatic heterocycles. The van der Waals surface area contributed by atoms with E-state index in [9.17, 15) is 67.1 Å². The molecule has 0 fully saturated rings. The van der Waals surface area contributed by atoms with Crippen LogP contribution in [0.1, 0.15) is 383 Å². The number of hydrogen-bond acceptors (Lipinski definition) is 16. The molecule has 0 rings (SSSR count). The molecular weight excluding hydrogens is 1320 g/mol. The first-order valence-corrected chi connectivity index (χ1v) is 40.6. The standard InChI is InChI=1S/C15H28O2.C12H22O2.2C11H20O2.C10H21NO.C10H16O3.C10H20O2.C10H20O/c1-12(2)14(16)10-8-6-5-7-9-11-15(17)13(3)4;1-9(2)11(13)7-5-6-8-12(14)10(3)4;2*1-8(2)10(12)6-5-7-11(13)9(3)4;1-8(2)9(12)6-7-11-10(3,4)5;1-6(2)8(11)5-9(12)10(13)7(3)4;1-8(2)9(11)6-7-12-10(3,4)5;1-8(2)6-5-7-10(11)9(3)4/h12-13H,5-11H2,1-4H3;9-10H,5-8H2,1-4H3;2*8-9H,5-7H2,1-4H3;8,11H,6-7H2,1-5H3;6-7H,5H2,1-4H3;8H,6-7H2,1-5H3;8-9H,5-7H2,1-4H3. The zero-order chi connectivity index (χ0) is 84.3. The monoisotopic (exact) mass is 1490 g/mol. The fraction of sp³-hybridized carbons (Fsp3) is 0.843. The third-order valence-corrected chi connectivity index (χ3v) is 16.6. The van der Waals surface area contributed by atoms with Crippen molar-refractivity contribution in [3.63, 3.8) is 0 Å². The minimum Gasteiger partial charge on any atom is -0.375 e. The number of ether oxygens (including phenoxy) is 1. The highest BCUT2D eigenvalue weighted by molar-refractivity contribution is 6.40. The molecular formula is C89H167NO15. The summed E-state index contributed by atoms with van der Waals surface area (Å²) in [7, 11) is 0. The van der Waals surface area contributed by atoms with Gasteiger partial charge in [0.15, 0.2) is 0 Å². The first-order chi connectivity index (χ1) is 47.8. The lowest BCUT2D eigenvalue weighted by Gasteiger charge is -2.20. The Morgan fingerprint density at radius 3 is 0.676 bits per heavy atom. The molecule has 0 aromatic carbocycles. The van der Waals surface area contributed by atoms with Crippen LogP contribution in [0.15, 0.2) is 0 Å². The van der Waals surface area contributed by atoms with Gasteiger partial charge in [-0.2, -0.15) is 0 Å². The van der Waals surface area contributed by atoms with Crippen LogP contribution in [0.4, 0.5) is 0 Å². The molecule has 0 heterocycles. The van der Waals surface area contributed by atoms with E-state index in [0.29, 0.717) is 106 Å². The average Bonchev–Trinajstić information content (AvgIpc) is 0.930. The summed E-state index contributed by atoms with van der Waals surface area (Å²) in [5.74, 6) is 4.08. The Morgan fingerprint density at radius 1 is 0.248 bits per heavy atom. The lowest BCUT2D eigenvalue weighted by Crippen LogP contribution is -2.37. The number of Topliss-reactive ketones (excluding diaryl/α,β-unsaturated/α-hetero) is 14. The minimum absolute atomic E-state index is 0.106. The van der Waals surface area contributed by atoms with Gasteiger partial charge in [0.1, 0.15) is 69.4 Å². The molecule has 16 heteroatoms. The van der Waals surface area contributed by atoms with Crippen molar-refractivity contribution in [2.45, 2.75) is 394 Å². The largest absolute Gasteiger partial charge is 0.375 e. The predicted molar refractivity (Wildman–Crippen MR) is 437 cm³/mol. The van der Waals surface area contributed by atoms with Gasteiger partial charge in [0.25, 0.3) is 0 Å². The van der Waals surface area contributed by atoms with Crippen molar-refractivity contribution in [2.75, 3.05) is 13.2 Å². The Morgan fingerprint density at radius 2 is 0.457 bits per heavy atom. The molecule has 16 nitrogen and oxygen atoms in total. The molecule has 0 radical (unpaired) electrons. The number of ketones is 14. The van der Waals surface area contributed by atoms with E-state index in [1.165, 1.54) is 6.42 Å². The SMILES string of the molecule is CC(C)C(=O)CC(=O)C(=O)C(C)C.CC(C)C(=O)CCCC(=O)C(C)C.CC(C)C(=O)CCCC(=O)C(C)C.CC(C)C(=O)CCCCC(=O)C(C)C.CC(C)C(=O)CCCCCCCC(=O)C(C)C.CC(C)C(=O)CCNC(C)(C)C.CC(C)C(=O)CCOC(C)(C)C.CC(C)CCCC(=O)C(C)C. The molecule has 0 aliphatic carbocycles. The van der Waals surface area contributed by atoms with Gasteiger partial charge in [-0.05, 0) is 92.4 Å². The molecule has 0 unspecified atom stereocenters. The van der Waals surface area contributed by atoms with Gasteiger partial charge in [0.2, 0.25) is 11.6 Å². The van der Waals surface area contributed by atoms with E-state index in [2.05, 4.69) is 39.9 Å². The molecule has 0 spiro atoms. The van der Waals surface area contributed by atoms with E-state index >= 15 is 0 Å². The van der Waals surface area contributed by atoms with Crippen molar-refractivity contribution in [1.29, 1.82) is 0 Å². The van der Waals surface area contributed by atoms with E-state index in [1.54, 1.807) is 27.7 Å². The van der Waals surface area contributed by atoms with Gasteiger partial charge in [-0.3, -0.25) is 67.1 Å². The minimum atomic E-state index is -0.561. The Balaban J connectivity index is -0.000000171. The van der Waals surface area contributed by atoms with Crippen LogP contribution in [0.2, 0.25) is 0 Å². The Bertz CT molecular complexity index is 2230. The second-order valence-electron chi connectivity index (χ2n) is 34.7. The van der Waals surface area contributed by atoms with E-state index < -0.39 is 11.6 Å². The van der Waals surface area contributed by atoms with Crippen LogP contribution in [-0.2, 0) is 71.9 Å². The van der Waals surface area contributed by atoms with Crippen molar-refractivity contribution in [3.8, 4) is 0 Å². The summed E-state index contributed by atoms with van der Waals surface area (Å²) < 4.78 is 5.43. The highest BCUT2D eigenvalue weighted by atomic mass is 16.5. The summed E-state index contributed by atoms with van der Waals surface area (Å²) in [6, 6.07) is 0. The van der Waals surface area contributed by atoms with Gasteiger partial charge in [0, 0.05) is 160 Å². The lowest BCUT2D eigenvalue weighted by atomic mass is 9.98.